The average Bonchev–Trinajstić information content (AvgIpc) is 2.88. The Bertz CT molecular complexity index is 522. The fourth-order valence-electron chi connectivity index (χ4n) is 2.30. The molecule has 18 heavy (non-hydrogen) atoms. The zero-order valence-electron chi connectivity index (χ0n) is 10.0. The second-order valence-corrected chi connectivity index (χ2v) is 5.64. The summed E-state index contributed by atoms with van der Waals surface area (Å²) >= 11 is 7.49. The molecule has 0 aliphatic carbocycles. The summed E-state index contributed by atoms with van der Waals surface area (Å²) in [5, 5.41) is 2.08. The van der Waals surface area contributed by atoms with Crippen molar-refractivity contribution in [3.63, 3.8) is 0 Å². The summed E-state index contributed by atoms with van der Waals surface area (Å²) in [4.78, 5) is 13.5. The van der Waals surface area contributed by atoms with E-state index in [-0.39, 0.29) is 0 Å². The lowest BCUT2D eigenvalue weighted by molar-refractivity contribution is 0.272. The van der Waals surface area contributed by atoms with Gasteiger partial charge in [0.1, 0.15) is 12.1 Å². The minimum Gasteiger partial charge on any atom is -0.353 e. The van der Waals surface area contributed by atoms with Crippen molar-refractivity contribution in [2.75, 3.05) is 43.5 Å². The van der Waals surface area contributed by atoms with Gasteiger partial charge in [0.2, 0.25) is 0 Å². The molecule has 2 aromatic heterocycles. The van der Waals surface area contributed by atoms with E-state index in [1.165, 1.54) is 4.70 Å². The molecule has 3 rings (SSSR count). The van der Waals surface area contributed by atoms with Crippen LogP contribution in [0.3, 0.4) is 0 Å². The number of hydrogen-bond donors (Lipinski definition) is 0. The van der Waals surface area contributed by atoms with E-state index in [0.29, 0.717) is 5.88 Å². The Morgan fingerprint density at radius 2 is 2.06 bits per heavy atom. The fourth-order valence-corrected chi connectivity index (χ4v) is 3.40. The molecule has 1 aliphatic rings. The van der Waals surface area contributed by atoms with Crippen LogP contribution in [0.25, 0.3) is 10.2 Å². The highest BCUT2D eigenvalue weighted by Gasteiger charge is 2.19. The predicted octanol–water partition coefficient (Wildman–Crippen LogP) is 2.05. The van der Waals surface area contributed by atoms with Crippen molar-refractivity contribution in [3.8, 4) is 0 Å². The molecular weight excluding hydrogens is 268 g/mol. The van der Waals surface area contributed by atoms with Crippen LogP contribution in [0.5, 0.6) is 0 Å². The number of nitrogens with zero attached hydrogens (tertiary/aromatic N) is 4. The molecule has 0 saturated carbocycles. The van der Waals surface area contributed by atoms with Crippen LogP contribution in [-0.2, 0) is 0 Å². The molecule has 2 aromatic rings. The number of hydrogen-bond acceptors (Lipinski definition) is 5. The van der Waals surface area contributed by atoms with E-state index >= 15 is 0 Å². The molecule has 0 radical (unpaired) electrons. The molecule has 4 nitrogen and oxygen atoms in total. The molecule has 3 heterocycles. The van der Waals surface area contributed by atoms with Crippen molar-refractivity contribution >= 4 is 39.0 Å². The maximum Gasteiger partial charge on any atom is 0.150 e. The average molecular weight is 283 g/mol. The molecule has 6 heteroatoms. The van der Waals surface area contributed by atoms with Gasteiger partial charge in [0.15, 0.2) is 0 Å². The van der Waals surface area contributed by atoms with E-state index in [4.69, 9.17) is 11.6 Å². The van der Waals surface area contributed by atoms with Gasteiger partial charge in [0.05, 0.1) is 10.2 Å². The van der Waals surface area contributed by atoms with Crippen LogP contribution in [0.1, 0.15) is 0 Å². The Labute approximate surface area is 115 Å². The molecule has 0 atom stereocenters. The van der Waals surface area contributed by atoms with Gasteiger partial charge in [-0.15, -0.1) is 22.9 Å². The van der Waals surface area contributed by atoms with E-state index in [1.807, 2.05) is 0 Å². The molecule has 0 amide bonds. The minimum atomic E-state index is 0.711. The van der Waals surface area contributed by atoms with Crippen LogP contribution < -0.4 is 4.90 Å². The number of piperazine rings is 1. The lowest BCUT2D eigenvalue weighted by Crippen LogP contribution is -2.47. The Morgan fingerprint density at radius 3 is 2.83 bits per heavy atom. The molecular formula is C12H15ClN4S. The number of fused-ring (bicyclic) bond motifs is 1. The van der Waals surface area contributed by atoms with Gasteiger partial charge in [-0.2, -0.15) is 0 Å². The second-order valence-electron chi connectivity index (χ2n) is 4.35. The van der Waals surface area contributed by atoms with Gasteiger partial charge >= 0.3 is 0 Å². The Kier molecular flexibility index (Phi) is 3.63. The number of thiophene rings is 1. The monoisotopic (exact) mass is 282 g/mol. The number of anilines is 1. The van der Waals surface area contributed by atoms with Gasteiger partial charge in [0.25, 0.3) is 0 Å². The Balaban J connectivity index is 1.78. The van der Waals surface area contributed by atoms with Gasteiger partial charge in [-0.25, -0.2) is 9.97 Å². The first-order valence-electron chi connectivity index (χ1n) is 6.10. The highest BCUT2D eigenvalue weighted by molar-refractivity contribution is 7.17. The van der Waals surface area contributed by atoms with Crippen molar-refractivity contribution in [2.45, 2.75) is 0 Å². The Morgan fingerprint density at radius 1 is 1.22 bits per heavy atom. The summed E-state index contributed by atoms with van der Waals surface area (Å²) in [7, 11) is 0. The summed E-state index contributed by atoms with van der Waals surface area (Å²) in [6.45, 7) is 5.13. The van der Waals surface area contributed by atoms with Crippen LogP contribution in [-0.4, -0.2) is 53.5 Å². The first-order valence-corrected chi connectivity index (χ1v) is 7.51. The topological polar surface area (TPSA) is 32.3 Å². The highest BCUT2D eigenvalue weighted by Crippen LogP contribution is 2.28. The zero-order valence-corrected chi connectivity index (χ0v) is 11.6. The van der Waals surface area contributed by atoms with Gasteiger partial charge in [-0.05, 0) is 11.4 Å². The first-order chi connectivity index (χ1) is 8.88. The van der Waals surface area contributed by atoms with Crippen molar-refractivity contribution < 1.29 is 0 Å². The molecule has 1 aliphatic heterocycles. The lowest BCUT2D eigenvalue weighted by atomic mass is 10.3. The summed E-state index contributed by atoms with van der Waals surface area (Å²) in [5.74, 6) is 1.79. The van der Waals surface area contributed by atoms with Gasteiger partial charge in [-0.3, -0.25) is 4.90 Å². The highest BCUT2D eigenvalue weighted by atomic mass is 35.5. The maximum atomic E-state index is 5.78. The predicted molar refractivity (Wildman–Crippen MR) is 76.8 cm³/mol. The molecule has 0 N–H and O–H groups in total. The zero-order chi connectivity index (χ0) is 12.4. The van der Waals surface area contributed by atoms with Crippen molar-refractivity contribution in [1.29, 1.82) is 0 Å². The van der Waals surface area contributed by atoms with Gasteiger partial charge < -0.3 is 4.90 Å². The molecule has 0 unspecified atom stereocenters. The number of aromatic nitrogens is 2. The minimum absolute atomic E-state index is 0.711. The smallest absolute Gasteiger partial charge is 0.150 e. The van der Waals surface area contributed by atoms with E-state index in [1.54, 1.807) is 17.7 Å². The van der Waals surface area contributed by atoms with E-state index in [2.05, 4.69) is 31.2 Å². The van der Waals surface area contributed by atoms with Gasteiger partial charge in [0, 0.05) is 38.6 Å². The molecule has 0 bridgehead atoms. The molecule has 96 valence electrons. The third-order valence-electron chi connectivity index (χ3n) is 3.30. The SMILES string of the molecule is ClCCN1CCN(c2ncnc3ccsc23)CC1. The van der Waals surface area contributed by atoms with Crippen LogP contribution in [0, 0.1) is 0 Å². The lowest BCUT2D eigenvalue weighted by Gasteiger charge is -2.35. The van der Waals surface area contributed by atoms with Crippen LogP contribution in [0.4, 0.5) is 5.82 Å². The summed E-state index contributed by atoms with van der Waals surface area (Å²) < 4.78 is 1.20. The number of halogens is 1. The summed E-state index contributed by atoms with van der Waals surface area (Å²) in [5.41, 5.74) is 1.05. The van der Waals surface area contributed by atoms with Crippen molar-refractivity contribution in [2.24, 2.45) is 0 Å². The molecule has 1 saturated heterocycles. The molecule has 0 aromatic carbocycles. The number of rotatable bonds is 3. The third-order valence-corrected chi connectivity index (χ3v) is 4.37. The summed E-state index contributed by atoms with van der Waals surface area (Å²) in [6, 6.07) is 2.05. The Hall–Kier alpha value is -0.910. The van der Waals surface area contributed by atoms with E-state index in [0.717, 1.165) is 44.1 Å². The van der Waals surface area contributed by atoms with Crippen LogP contribution in [0.15, 0.2) is 17.8 Å². The quantitative estimate of drug-likeness (QED) is 0.807. The molecule has 1 fully saturated rings. The van der Waals surface area contributed by atoms with E-state index in [9.17, 15) is 0 Å². The maximum absolute atomic E-state index is 5.78. The normalized spacial score (nSPS) is 17.5. The first kappa shape index (κ1) is 12.1. The largest absolute Gasteiger partial charge is 0.353 e. The number of alkyl halides is 1. The van der Waals surface area contributed by atoms with Crippen molar-refractivity contribution in [3.05, 3.63) is 17.8 Å². The van der Waals surface area contributed by atoms with Crippen molar-refractivity contribution in [1.82, 2.24) is 14.9 Å². The van der Waals surface area contributed by atoms with E-state index < -0.39 is 0 Å². The molecule has 0 spiro atoms. The fraction of sp³-hybridized carbons (Fsp3) is 0.500. The second kappa shape index (κ2) is 5.38. The van der Waals surface area contributed by atoms with Gasteiger partial charge in [-0.1, -0.05) is 0 Å². The van der Waals surface area contributed by atoms with Crippen LogP contribution in [0.2, 0.25) is 0 Å². The summed E-state index contributed by atoms with van der Waals surface area (Å²) in [6.07, 6.45) is 1.66. The standard InChI is InChI=1S/C12H15ClN4S/c13-2-3-16-4-6-17(7-5-16)12-11-10(1-8-18-11)14-9-15-12/h1,8-9H,2-7H2. The van der Waals surface area contributed by atoms with Crippen LogP contribution >= 0.6 is 22.9 Å². The third kappa shape index (κ3) is 2.30.